The van der Waals surface area contributed by atoms with E-state index >= 15 is 0 Å². The van der Waals surface area contributed by atoms with Crippen molar-refractivity contribution < 1.29 is 29.2 Å². The number of aliphatic hydroxyl groups is 2. The largest absolute Gasteiger partial charge is 0.514 e. The van der Waals surface area contributed by atoms with Gasteiger partial charge in [-0.1, -0.05) is 26.0 Å². The number of anilines is 1. The molecule has 5 atom stereocenters. The van der Waals surface area contributed by atoms with Crippen molar-refractivity contribution in [1.82, 2.24) is 14.6 Å². The Hall–Kier alpha value is -3.72. The molecule has 1 saturated carbocycles. The number of nitriles is 1. The summed E-state index contributed by atoms with van der Waals surface area (Å²) in [6.07, 6.45) is -3.94. The highest BCUT2D eigenvalue weighted by Crippen LogP contribution is 2.59. The summed E-state index contributed by atoms with van der Waals surface area (Å²) in [6, 6.07) is 10.5. The number of carbonyl (C=O) groups excluding carboxylic acids is 1. The Kier molecular flexibility index (Phi) is 4.80. The van der Waals surface area contributed by atoms with Gasteiger partial charge in [0.2, 0.25) is 5.60 Å². The summed E-state index contributed by atoms with van der Waals surface area (Å²) < 4.78 is 17.8. The molecule has 2 aliphatic rings. The Labute approximate surface area is 194 Å². The Morgan fingerprint density at radius 1 is 1.35 bits per heavy atom. The number of ether oxygens (including phenoxy) is 3. The molecule has 176 valence electrons. The van der Waals surface area contributed by atoms with E-state index in [4.69, 9.17) is 19.9 Å². The molecule has 11 heteroatoms. The molecule has 0 bridgehead atoms. The van der Waals surface area contributed by atoms with Crippen molar-refractivity contribution in [2.24, 2.45) is 0 Å². The molecule has 5 rings (SSSR count). The van der Waals surface area contributed by atoms with Gasteiger partial charge in [-0.2, -0.15) is 10.4 Å². The average molecular weight is 465 g/mol. The quantitative estimate of drug-likeness (QED) is 0.380. The normalized spacial score (nSPS) is 29.6. The first-order valence-electron chi connectivity index (χ1n) is 10.7. The van der Waals surface area contributed by atoms with Gasteiger partial charge in [0, 0.05) is 0 Å². The third-order valence-corrected chi connectivity index (χ3v) is 6.45. The van der Waals surface area contributed by atoms with Crippen molar-refractivity contribution in [1.29, 1.82) is 5.26 Å². The monoisotopic (exact) mass is 465 g/mol. The Morgan fingerprint density at radius 3 is 2.76 bits per heavy atom. The minimum Gasteiger partial charge on any atom is -0.424 e. The van der Waals surface area contributed by atoms with E-state index in [1.54, 1.807) is 12.1 Å². The fraction of sp³-hybridized carbons (Fsp3) is 0.391. The number of fused-ring (bicyclic) bond motifs is 2. The second-order valence-electron chi connectivity index (χ2n) is 8.92. The van der Waals surface area contributed by atoms with Crippen LogP contribution in [0, 0.1) is 18.3 Å². The number of carbonyl (C=O) groups is 1. The van der Waals surface area contributed by atoms with Gasteiger partial charge in [-0.3, -0.25) is 0 Å². The molecule has 2 fully saturated rings. The van der Waals surface area contributed by atoms with E-state index in [1.165, 1.54) is 16.9 Å². The van der Waals surface area contributed by atoms with Crippen LogP contribution in [-0.2, 0) is 15.1 Å². The van der Waals surface area contributed by atoms with Crippen LogP contribution in [0.2, 0.25) is 0 Å². The average Bonchev–Trinajstić information content (AvgIpc) is 3.08. The second-order valence-corrected chi connectivity index (χ2v) is 8.92. The predicted octanol–water partition coefficient (Wildman–Crippen LogP) is 1.55. The van der Waals surface area contributed by atoms with Crippen LogP contribution in [-0.4, -0.2) is 54.9 Å². The van der Waals surface area contributed by atoms with E-state index in [-0.39, 0.29) is 17.4 Å². The highest BCUT2D eigenvalue weighted by atomic mass is 16.8. The van der Waals surface area contributed by atoms with E-state index < -0.39 is 35.7 Å². The number of aliphatic hydroxyl groups excluding tert-OH is 1. The summed E-state index contributed by atoms with van der Waals surface area (Å²) in [7, 11) is 0. The van der Waals surface area contributed by atoms with Crippen molar-refractivity contribution in [3.63, 3.8) is 0 Å². The minimum atomic E-state index is -2.00. The zero-order valence-corrected chi connectivity index (χ0v) is 18.7. The molecule has 1 aliphatic carbocycles. The van der Waals surface area contributed by atoms with Gasteiger partial charge in [-0.25, -0.2) is 14.3 Å². The zero-order valence-electron chi connectivity index (χ0n) is 18.7. The van der Waals surface area contributed by atoms with Gasteiger partial charge in [0.15, 0.2) is 17.5 Å². The number of nitrogens with two attached hydrogens (primary N) is 1. The number of nitrogens with zero attached hydrogens (tertiary/aromatic N) is 4. The molecule has 0 radical (unpaired) electrons. The molecule has 3 heterocycles. The van der Waals surface area contributed by atoms with Crippen molar-refractivity contribution in [3.8, 4) is 11.8 Å². The van der Waals surface area contributed by atoms with Crippen LogP contribution in [0.1, 0.15) is 36.6 Å². The number of rotatable bonds is 4. The lowest BCUT2D eigenvalue weighted by Crippen LogP contribution is -2.47. The van der Waals surface area contributed by atoms with Crippen LogP contribution in [0.15, 0.2) is 36.7 Å². The van der Waals surface area contributed by atoms with Crippen LogP contribution >= 0.6 is 0 Å². The summed E-state index contributed by atoms with van der Waals surface area (Å²) in [5, 5.41) is 36.1. The molecule has 1 aromatic carbocycles. The number of aromatic nitrogens is 3. The topological polar surface area (TPSA) is 165 Å². The predicted molar refractivity (Wildman–Crippen MR) is 117 cm³/mol. The van der Waals surface area contributed by atoms with Gasteiger partial charge >= 0.3 is 6.16 Å². The Bertz CT molecular complexity index is 1350. The lowest BCUT2D eigenvalue weighted by Gasteiger charge is -2.29. The maximum atomic E-state index is 12.5. The highest BCUT2D eigenvalue weighted by molar-refractivity contribution is 5.67. The molecule has 2 aromatic heterocycles. The number of hydrogen-bond acceptors (Lipinski definition) is 10. The van der Waals surface area contributed by atoms with E-state index in [2.05, 4.69) is 10.1 Å². The van der Waals surface area contributed by atoms with E-state index in [0.29, 0.717) is 11.3 Å². The summed E-state index contributed by atoms with van der Waals surface area (Å²) >= 11 is 0. The van der Waals surface area contributed by atoms with Gasteiger partial charge in [0.25, 0.3) is 0 Å². The first-order chi connectivity index (χ1) is 16.1. The van der Waals surface area contributed by atoms with Gasteiger partial charge in [-0.15, -0.1) is 0 Å². The van der Waals surface area contributed by atoms with Crippen LogP contribution in [0.5, 0.6) is 5.75 Å². The van der Waals surface area contributed by atoms with Gasteiger partial charge in [0.1, 0.15) is 35.9 Å². The molecule has 11 nitrogen and oxygen atoms in total. The van der Waals surface area contributed by atoms with Crippen molar-refractivity contribution >= 4 is 17.5 Å². The lowest BCUT2D eigenvalue weighted by atomic mass is 9.90. The third kappa shape index (κ3) is 2.96. The number of hydrogen-bond donors (Lipinski definition) is 3. The van der Waals surface area contributed by atoms with E-state index in [0.717, 1.165) is 11.1 Å². The first kappa shape index (κ1) is 22.1. The maximum absolute atomic E-state index is 12.5. The standard InChI is InChI=1S/C23H23N5O6/c1-11(2)13-5-4-12(3)8-15(13)32-21(30)33-17-18-23(17,31)20(29)22(9-24,34-18)16-7-6-14-19(25)26-10-27-28(14)16/h4-8,10-11,17-18,20,29,31H,1-3H3,(H2,25,26,27)/t17?,18-,20+,22+,23-/m1/s1. The molecule has 4 N–H and O–H groups in total. The summed E-state index contributed by atoms with van der Waals surface area (Å²) in [5.41, 5.74) is 4.18. The molecule has 0 spiro atoms. The molecule has 1 unspecified atom stereocenters. The number of aryl methyl sites for hydroxylation is 1. The number of benzene rings is 1. The summed E-state index contributed by atoms with van der Waals surface area (Å²) in [5.74, 6) is 0.623. The minimum absolute atomic E-state index is 0.101. The second kappa shape index (κ2) is 7.39. The third-order valence-electron chi connectivity index (χ3n) is 6.45. The van der Waals surface area contributed by atoms with Crippen LogP contribution < -0.4 is 10.5 Å². The fourth-order valence-electron chi connectivity index (χ4n) is 4.55. The molecular weight excluding hydrogens is 442 g/mol. The zero-order chi connectivity index (χ0) is 24.4. The van der Waals surface area contributed by atoms with E-state index in [9.17, 15) is 20.3 Å². The van der Waals surface area contributed by atoms with Crippen LogP contribution in [0.25, 0.3) is 5.52 Å². The smallest absolute Gasteiger partial charge is 0.424 e. The number of nitrogen functional groups attached to an aromatic ring is 1. The van der Waals surface area contributed by atoms with Crippen molar-refractivity contribution in [2.75, 3.05) is 5.73 Å². The van der Waals surface area contributed by atoms with Crippen LogP contribution in [0.3, 0.4) is 0 Å². The molecule has 1 saturated heterocycles. The maximum Gasteiger partial charge on any atom is 0.514 e. The molecule has 34 heavy (non-hydrogen) atoms. The summed E-state index contributed by atoms with van der Waals surface area (Å²) in [6.45, 7) is 5.80. The lowest BCUT2D eigenvalue weighted by molar-refractivity contribution is -0.110. The van der Waals surface area contributed by atoms with Gasteiger partial charge in [0.05, 0.1) is 5.69 Å². The van der Waals surface area contributed by atoms with Gasteiger partial charge < -0.3 is 30.2 Å². The van der Waals surface area contributed by atoms with Gasteiger partial charge in [-0.05, 0) is 42.2 Å². The Morgan fingerprint density at radius 2 is 2.12 bits per heavy atom. The van der Waals surface area contributed by atoms with Crippen LogP contribution in [0.4, 0.5) is 10.6 Å². The molecule has 0 amide bonds. The van der Waals surface area contributed by atoms with Crippen molar-refractivity contribution in [2.45, 2.75) is 56.2 Å². The highest BCUT2D eigenvalue weighted by Gasteiger charge is 2.84. The SMILES string of the molecule is Cc1ccc(C(C)C)c(OC(=O)OC2[C@H]3O[C@@](C#N)(c4ccc5c(N)ncnn45)[C@H](O)[C@@]23O)c1. The molecule has 1 aliphatic heterocycles. The summed E-state index contributed by atoms with van der Waals surface area (Å²) in [4.78, 5) is 16.4. The van der Waals surface area contributed by atoms with Crippen molar-refractivity contribution in [3.05, 3.63) is 53.5 Å². The first-order valence-corrected chi connectivity index (χ1v) is 10.7. The molecule has 3 aromatic rings. The fourth-order valence-corrected chi connectivity index (χ4v) is 4.55. The van der Waals surface area contributed by atoms with E-state index in [1.807, 2.05) is 39.0 Å². The molecular formula is C23H23N5O6. The Balaban J connectivity index is 1.37.